The van der Waals surface area contributed by atoms with Crippen LogP contribution in [0.1, 0.15) is 13.8 Å². The smallest absolute Gasteiger partial charge is 0.253 e. The van der Waals surface area contributed by atoms with Crippen LogP contribution in [0.25, 0.3) is 0 Å². The molecule has 1 aromatic rings. The van der Waals surface area contributed by atoms with Gasteiger partial charge in [-0.05, 0) is 26.0 Å². The summed E-state index contributed by atoms with van der Waals surface area (Å²) < 4.78 is 11.5. The van der Waals surface area contributed by atoms with Crippen molar-refractivity contribution in [1.82, 2.24) is 14.7 Å². The van der Waals surface area contributed by atoms with E-state index in [1.54, 1.807) is 0 Å². The molecule has 6 nitrogen and oxygen atoms in total. The second-order valence-corrected chi connectivity index (χ2v) is 7.28. The first kappa shape index (κ1) is 19.1. The van der Waals surface area contributed by atoms with Gasteiger partial charge in [0.05, 0.1) is 6.61 Å². The lowest BCUT2D eigenvalue weighted by atomic mass is 10.2. The lowest BCUT2D eigenvalue weighted by Gasteiger charge is -2.39. The van der Waals surface area contributed by atoms with Gasteiger partial charge in [0.1, 0.15) is 18.5 Å². The van der Waals surface area contributed by atoms with Crippen LogP contribution >= 0.6 is 0 Å². The third-order valence-corrected chi connectivity index (χ3v) is 5.21. The van der Waals surface area contributed by atoms with Crippen molar-refractivity contribution in [3.05, 3.63) is 30.3 Å². The van der Waals surface area contributed by atoms with Gasteiger partial charge in [0.25, 0.3) is 5.91 Å². The van der Waals surface area contributed by atoms with Crippen molar-refractivity contribution < 1.29 is 14.3 Å². The molecule has 1 atom stereocenters. The molecule has 2 aliphatic heterocycles. The van der Waals surface area contributed by atoms with Gasteiger partial charge in [0.2, 0.25) is 0 Å². The Kier molecular flexibility index (Phi) is 6.88. The third kappa shape index (κ3) is 5.19. The minimum absolute atomic E-state index is 0.149. The topological polar surface area (TPSA) is 45.2 Å². The molecule has 0 radical (unpaired) electrons. The Morgan fingerprint density at radius 1 is 1.15 bits per heavy atom. The van der Waals surface area contributed by atoms with E-state index in [9.17, 15) is 4.79 Å². The predicted octanol–water partition coefficient (Wildman–Crippen LogP) is 1.32. The van der Waals surface area contributed by atoms with Crippen LogP contribution in [0.3, 0.4) is 0 Å². The standard InChI is InChI=1S/C20H31N3O3/c1-17(2)23-13-15-26-19(16-23)20(24)22-10-8-21(9-11-22)12-14-25-18-6-4-3-5-7-18/h3-7,17,19H,8-16H2,1-2H3/t19-/m1/s1. The van der Waals surface area contributed by atoms with E-state index < -0.39 is 0 Å². The SMILES string of the molecule is CC(C)N1CCO[C@@H](C(=O)N2CCN(CCOc3ccccc3)CC2)C1. The summed E-state index contributed by atoms with van der Waals surface area (Å²) in [5.74, 6) is 1.06. The maximum atomic E-state index is 12.8. The van der Waals surface area contributed by atoms with Crippen LogP contribution < -0.4 is 4.74 Å². The van der Waals surface area contributed by atoms with Gasteiger partial charge in [-0.2, -0.15) is 0 Å². The van der Waals surface area contributed by atoms with Crippen LogP contribution in [-0.2, 0) is 9.53 Å². The molecule has 144 valence electrons. The summed E-state index contributed by atoms with van der Waals surface area (Å²) in [7, 11) is 0. The number of hydrogen-bond donors (Lipinski definition) is 0. The van der Waals surface area contributed by atoms with Gasteiger partial charge in [-0.1, -0.05) is 18.2 Å². The lowest BCUT2D eigenvalue weighted by Crippen LogP contribution is -2.56. The highest BCUT2D eigenvalue weighted by Gasteiger charge is 2.32. The molecule has 0 aliphatic carbocycles. The highest BCUT2D eigenvalue weighted by Crippen LogP contribution is 2.13. The lowest BCUT2D eigenvalue weighted by molar-refractivity contribution is -0.152. The van der Waals surface area contributed by atoms with Crippen LogP contribution in [0.4, 0.5) is 0 Å². The molecule has 2 saturated heterocycles. The quantitative estimate of drug-likeness (QED) is 0.765. The van der Waals surface area contributed by atoms with Gasteiger partial charge in [0, 0.05) is 51.9 Å². The molecule has 26 heavy (non-hydrogen) atoms. The second kappa shape index (κ2) is 9.35. The van der Waals surface area contributed by atoms with Crippen molar-refractivity contribution in [3.63, 3.8) is 0 Å². The molecule has 1 aromatic carbocycles. The van der Waals surface area contributed by atoms with E-state index in [2.05, 4.69) is 23.6 Å². The number of ether oxygens (including phenoxy) is 2. The fourth-order valence-corrected chi connectivity index (χ4v) is 3.49. The number of carbonyl (C=O) groups excluding carboxylic acids is 1. The Morgan fingerprint density at radius 2 is 1.88 bits per heavy atom. The average Bonchev–Trinajstić information content (AvgIpc) is 2.69. The largest absolute Gasteiger partial charge is 0.492 e. The van der Waals surface area contributed by atoms with Crippen molar-refractivity contribution in [1.29, 1.82) is 0 Å². The molecule has 2 fully saturated rings. The number of hydrogen-bond acceptors (Lipinski definition) is 5. The van der Waals surface area contributed by atoms with Crippen LogP contribution in [0.15, 0.2) is 30.3 Å². The van der Waals surface area contributed by atoms with Gasteiger partial charge < -0.3 is 14.4 Å². The van der Waals surface area contributed by atoms with E-state index in [0.29, 0.717) is 25.8 Å². The van der Waals surface area contributed by atoms with E-state index in [-0.39, 0.29) is 12.0 Å². The molecule has 0 saturated carbocycles. The molecule has 0 N–H and O–H groups in total. The summed E-state index contributed by atoms with van der Waals surface area (Å²) in [6, 6.07) is 10.3. The highest BCUT2D eigenvalue weighted by molar-refractivity contribution is 5.81. The summed E-state index contributed by atoms with van der Waals surface area (Å²) >= 11 is 0. The van der Waals surface area contributed by atoms with E-state index in [1.165, 1.54) is 0 Å². The minimum Gasteiger partial charge on any atom is -0.492 e. The van der Waals surface area contributed by atoms with Crippen LogP contribution in [0.5, 0.6) is 5.75 Å². The van der Waals surface area contributed by atoms with Crippen molar-refractivity contribution in [2.45, 2.75) is 26.0 Å². The van der Waals surface area contributed by atoms with Gasteiger partial charge >= 0.3 is 0 Å². The Bertz CT molecular complexity index is 559. The van der Waals surface area contributed by atoms with Crippen LogP contribution in [-0.4, -0.2) is 91.8 Å². The highest BCUT2D eigenvalue weighted by atomic mass is 16.5. The first-order chi connectivity index (χ1) is 12.6. The number of nitrogens with zero attached hydrogens (tertiary/aromatic N) is 3. The third-order valence-electron chi connectivity index (χ3n) is 5.21. The van der Waals surface area contributed by atoms with E-state index in [4.69, 9.17) is 9.47 Å². The summed E-state index contributed by atoms with van der Waals surface area (Å²) in [5, 5.41) is 0. The van der Waals surface area contributed by atoms with Crippen molar-refractivity contribution in [2.24, 2.45) is 0 Å². The maximum Gasteiger partial charge on any atom is 0.253 e. The summed E-state index contributed by atoms with van der Waals surface area (Å²) in [5.41, 5.74) is 0. The Morgan fingerprint density at radius 3 is 2.58 bits per heavy atom. The summed E-state index contributed by atoms with van der Waals surface area (Å²) in [6.07, 6.45) is -0.306. The first-order valence-electron chi connectivity index (χ1n) is 9.68. The van der Waals surface area contributed by atoms with E-state index >= 15 is 0 Å². The monoisotopic (exact) mass is 361 g/mol. The van der Waals surface area contributed by atoms with Gasteiger partial charge in [-0.3, -0.25) is 14.6 Å². The molecule has 2 heterocycles. The fraction of sp³-hybridized carbons (Fsp3) is 0.650. The molecule has 0 bridgehead atoms. The number of morpholine rings is 1. The normalized spacial score (nSPS) is 22.6. The van der Waals surface area contributed by atoms with Crippen LogP contribution in [0.2, 0.25) is 0 Å². The molecular formula is C20H31N3O3. The van der Waals surface area contributed by atoms with Crippen LogP contribution in [0, 0.1) is 0 Å². The zero-order chi connectivity index (χ0) is 18.4. The Labute approximate surface area is 156 Å². The molecule has 2 aliphatic rings. The zero-order valence-corrected chi connectivity index (χ0v) is 16.0. The number of amides is 1. The van der Waals surface area contributed by atoms with E-state index in [1.807, 2.05) is 35.2 Å². The predicted molar refractivity (Wildman–Crippen MR) is 101 cm³/mol. The molecule has 1 amide bonds. The van der Waals surface area contributed by atoms with Gasteiger partial charge in [-0.25, -0.2) is 0 Å². The Balaban J connectivity index is 1.38. The maximum absolute atomic E-state index is 12.8. The molecule has 3 rings (SSSR count). The van der Waals surface area contributed by atoms with Crippen molar-refractivity contribution in [2.75, 3.05) is 59.0 Å². The molecule has 0 spiro atoms. The molecule has 0 unspecified atom stereocenters. The number of para-hydroxylation sites is 1. The number of benzene rings is 1. The summed E-state index contributed by atoms with van der Waals surface area (Å²) in [4.78, 5) is 19.4. The van der Waals surface area contributed by atoms with Gasteiger partial charge in [-0.15, -0.1) is 0 Å². The molecular weight excluding hydrogens is 330 g/mol. The summed E-state index contributed by atoms with van der Waals surface area (Å²) in [6.45, 7) is 11.5. The fourth-order valence-electron chi connectivity index (χ4n) is 3.49. The molecule has 6 heteroatoms. The van der Waals surface area contributed by atoms with Crippen molar-refractivity contribution in [3.8, 4) is 5.75 Å². The first-order valence-corrected chi connectivity index (χ1v) is 9.68. The Hall–Kier alpha value is -1.63. The second-order valence-electron chi connectivity index (χ2n) is 7.28. The average molecular weight is 361 g/mol. The number of rotatable bonds is 6. The van der Waals surface area contributed by atoms with E-state index in [0.717, 1.165) is 45.0 Å². The minimum atomic E-state index is -0.306. The number of piperazine rings is 1. The zero-order valence-electron chi connectivity index (χ0n) is 16.0. The van der Waals surface area contributed by atoms with Gasteiger partial charge in [0.15, 0.2) is 0 Å². The van der Waals surface area contributed by atoms with Crippen molar-refractivity contribution >= 4 is 5.91 Å². The number of carbonyl (C=O) groups is 1. The molecule has 0 aromatic heterocycles.